The number of carbonyl (C=O) groups is 3. The van der Waals surface area contributed by atoms with Gasteiger partial charge in [-0.25, -0.2) is 9.78 Å². The number of rotatable bonds is 17. The van der Waals surface area contributed by atoms with E-state index in [1.54, 1.807) is 44.5 Å². The first-order valence-electron chi connectivity index (χ1n) is 20.3. The van der Waals surface area contributed by atoms with Crippen LogP contribution in [-0.2, 0) is 21.4 Å². The van der Waals surface area contributed by atoms with E-state index >= 15 is 8.63 Å². The topological polar surface area (TPSA) is 158 Å². The molecule has 5 N–H and O–H groups in total. The van der Waals surface area contributed by atoms with Crippen molar-refractivity contribution in [3.05, 3.63) is 113 Å². The number of aromatic amines is 1. The molecule has 3 amide bonds. The number of carbonyl (C=O) groups excluding carboxylic acids is 3. The standard InChI is InChI=1S/C42H47BClF2N9O4S2/c1-25-21-26(2)54-33(25)23-30-11-10-29(55(30)43(54,45)46)12-15-36(57)47-17-6-4-5-7-35(56)48-19-20-49-37(58)16-18-50-41-51-39-34(61-41)14-8-27-22-28(44)9-13-31(27)38(39)32-24-53(3)42(59)52-40(32)60/h8-11,13-14,21-24,38H,4-7,12,15-20H2,1-3H3,(H,47,57)(H,48,56)(H,49,58)(H,50,51)(H,52,59,60). The molecule has 0 spiro atoms. The van der Waals surface area contributed by atoms with Crippen LogP contribution in [0.1, 0.15) is 95.1 Å². The van der Waals surface area contributed by atoms with Crippen LogP contribution in [0.2, 0.25) is 5.02 Å². The molecule has 2 aliphatic heterocycles. The molecule has 3 aromatic heterocycles. The number of hydrogen-bond donors (Lipinski definition) is 5. The number of anilines is 1. The number of unbranched alkanes of at least 4 members (excludes halogenated alkanes) is 2. The molecule has 4 aromatic rings. The quantitative estimate of drug-likeness (QED) is 0.0410. The number of amides is 3. The molecule has 19 heteroatoms. The van der Waals surface area contributed by atoms with Gasteiger partial charge in [0.25, 0.3) is 0 Å². The lowest BCUT2D eigenvalue weighted by molar-refractivity contribution is -0.362. The van der Waals surface area contributed by atoms with Crippen molar-refractivity contribution in [2.45, 2.75) is 64.7 Å². The van der Waals surface area contributed by atoms with Crippen molar-refractivity contribution in [1.29, 1.82) is 0 Å². The van der Waals surface area contributed by atoms with Crippen LogP contribution in [0.25, 0.3) is 18.2 Å². The van der Waals surface area contributed by atoms with Crippen molar-refractivity contribution in [2.24, 2.45) is 7.05 Å². The summed E-state index contributed by atoms with van der Waals surface area (Å²) in [6.07, 6.45) is 13.7. The summed E-state index contributed by atoms with van der Waals surface area (Å²) in [6, 6.07) is 7.41. The van der Waals surface area contributed by atoms with Crippen molar-refractivity contribution in [1.82, 2.24) is 35.0 Å². The first kappa shape index (κ1) is 43.6. The van der Waals surface area contributed by atoms with Gasteiger partial charge in [0, 0.05) is 99.6 Å². The van der Waals surface area contributed by atoms with Crippen LogP contribution in [0.4, 0.5) is 13.8 Å². The number of H-pyrrole nitrogens is 1. The zero-order chi connectivity index (χ0) is 43.4. The normalized spacial score (nSPS) is 15.6. The smallest absolute Gasteiger partial charge is 0.394 e. The number of hydrogen-bond acceptors (Lipinski definition) is 8. The van der Waals surface area contributed by atoms with Crippen LogP contribution in [0.5, 0.6) is 0 Å². The molecular formula is C42H47BClF2N9O4S2. The predicted octanol–water partition coefficient (Wildman–Crippen LogP) is 6.43. The predicted molar refractivity (Wildman–Crippen MR) is 240 cm³/mol. The van der Waals surface area contributed by atoms with E-state index in [-0.39, 0.29) is 55.1 Å². The van der Waals surface area contributed by atoms with E-state index in [2.05, 4.69) is 26.3 Å². The molecule has 1 unspecified atom stereocenters. The number of aromatic nitrogens is 4. The van der Waals surface area contributed by atoms with Crippen molar-refractivity contribution in [3.63, 3.8) is 0 Å². The van der Waals surface area contributed by atoms with Gasteiger partial charge in [-0.2, -0.15) is 0 Å². The molecule has 0 bridgehead atoms. The Labute approximate surface area is 365 Å². The summed E-state index contributed by atoms with van der Waals surface area (Å²) in [5, 5.41) is 13.0. The highest BCUT2D eigenvalue weighted by Crippen LogP contribution is 2.42. The van der Waals surface area contributed by atoms with Crippen LogP contribution in [-0.4, -0.2) is 80.1 Å². The first-order valence-corrected chi connectivity index (χ1v) is 21.9. The Morgan fingerprint density at radius 1 is 0.934 bits per heavy atom. The largest absolute Gasteiger partial charge is 0.737 e. The molecular weight excluding hydrogens is 843 g/mol. The van der Waals surface area contributed by atoms with Gasteiger partial charge in [-0.1, -0.05) is 53.7 Å². The Balaban J connectivity index is 0.772. The third-order valence-electron chi connectivity index (χ3n) is 11.0. The maximum absolute atomic E-state index is 15.6. The lowest BCUT2D eigenvalue weighted by Crippen LogP contribution is -2.50. The van der Waals surface area contributed by atoms with E-state index in [0.29, 0.717) is 76.5 Å². The van der Waals surface area contributed by atoms with Crippen molar-refractivity contribution in [3.8, 4) is 0 Å². The zero-order valence-electron chi connectivity index (χ0n) is 34.1. The maximum atomic E-state index is 15.6. The minimum Gasteiger partial charge on any atom is -0.394 e. The fourth-order valence-corrected chi connectivity index (χ4v) is 9.39. The van der Waals surface area contributed by atoms with Crippen LogP contribution >= 0.6 is 35.2 Å². The number of thiazole rings is 1. The SMILES string of the molecule is Cc1cc(C)n2c1C=C1C=CC(CCC(=O)NCCCCCC(=O)NCCNC(=O)CCNc3nc4c(s3)C=Cc3cc(Cl)ccc3C4c3cn(C)c(=O)[nH]c3=S)=[N+]1[B-]2(F)F. The molecule has 0 radical (unpaired) electrons. The van der Waals surface area contributed by atoms with E-state index in [4.69, 9.17) is 28.8 Å². The molecule has 13 nitrogen and oxygen atoms in total. The minimum atomic E-state index is -4.06. The second-order valence-electron chi connectivity index (χ2n) is 15.4. The number of nitrogens with zero attached hydrogens (tertiary/aromatic N) is 4. The summed E-state index contributed by atoms with van der Waals surface area (Å²) in [5.74, 6) is -0.867. The molecule has 0 fully saturated rings. The summed E-state index contributed by atoms with van der Waals surface area (Å²) < 4.78 is 35.2. The minimum absolute atomic E-state index is 0.0937. The Morgan fingerprint density at radius 2 is 1.67 bits per heavy atom. The third kappa shape index (κ3) is 9.71. The molecule has 320 valence electrons. The van der Waals surface area contributed by atoms with E-state index in [1.165, 1.54) is 15.9 Å². The highest BCUT2D eigenvalue weighted by atomic mass is 35.5. The van der Waals surface area contributed by atoms with Gasteiger partial charge >= 0.3 is 12.7 Å². The first-order chi connectivity index (χ1) is 29.2. The Morgan fingerprint density at radius 3 is 2.46 bits per heavy atom. The number of fused-ring (bicyclic) bond motifs is 4. The number of allylic oxidation sites excluding steroid dienone is 2. The molecule has 1 atom stereocenters. The third-order valence-corrected chi connectivity index (χ3v) is 12.6. The zero-order valence-corrected chi connectivity index (χ0v) is 36.5. The lowest BCUT2D eigenvalue weighted by Gasteiger charge is -2.30. The Kier molecular flexibility index (Phi) is 13.3. The summed E-state index contributed by atoms with van der Waals surface area (Å²) in [5.41, 5.74) is 5.74. The fraction of sp³-hybridized carbons (Fsp3) is 0.357. The highest BCUT2D eigenvalue weighted by Gasteiger charge is 2.52. The van der Waals surface area contributed by atoms with Crippen LogP contribution in [0.3, 0.4) is 0 Å². The maximum Gasteiger partial charge on any atom is 0.737 e. The van der Waals surface area contributed by atoms with Gasteiger partial charge in [-0.3, -0.25) is 19.4 Å². The fourth-order valence-electron chi connectivity index (χ4n) is 8.02. The number of halogens is 3. The Bertz CT molecular complexity index is 2650. The summed E-state index contributed by atoms with van der Waals surface area (Å²) in [6.45, 7) is 0.803. The van der Waals surface area contributed by atoms with Gasteiger partial charge in [0.2, 0.25) is 17.7 Å². The summed E-state index contributed by atoms with van der Waals surface area (Å²) >= 11 is 13.4. The second kappa shape index (κ2) is 18.7. The van der Waals surface area contributed by atoms with Gasteiger partial charge in [-0.15, -0.1) is 0 Å². The van der Waals surface area contributed by atoms with E-state index < -0.39 is 6.97 Å². The van der Waals surface area contributed by atoms with Gasteiger partial charge in [0.1, 0.15) is 10.4 Å². The highest BCUT2D eigenvalue weighted by molar-refractivity contribution is 7.71. The Hall–Kier alpha value is -5.46. The van der Waals surface area contributed by atoms with Crippen LogP contribution < -0.4 is 27.0 Å². The van der Waals surface area contributed by atoms with Crippen LogP contribution in [0.15, 0.2) is 53.1 Å². The monoisotopic (exact) mass is 889 g/mol. The van der Waals surface area contributed by atoms with Crippen molar-refractivity contribution < 1.29 is 27.5 Å². The molecule has 3 aliphatic rings. The van der Waals surface area contributed by atoms with Crippen molar-refractivity contribution in [2.75, 3.05) is 31.5 Å². The van der Waals surface area contributed by atoms with Gasteiger partial charge < -0.3 is 43.4 Å². The van der Waals surface area contributed by atoms with E-state index in [9.17, 15) is 19.2 Å². The molecule has 5 heterocycles. The molecule has 0 saturated heterocycles. The summed E-state index contributed by atoms with van der Waals surface area (Å²) in [7, 11) is 1.66. The van der Waals surface area contributed by atoms with Gasteiger partial charge in [0.15, 0.2) is 10.8 Å². The van der Waals surface area contributed by atoms with Crippen molar-refractivity contribution >= 4 is 88.9 Å². The summed E-state index contributed by atoms with van der Waals surface area (Å²) in [4.78, 5) is 58.3. The number of aryl methyl sites for hydroxylation is 3. The lowest BCUT2D eigenvalue weighted by atomic mass is 9.88. The van der Waals surface area contributed by atoms with Gasteiger partial charge in [-0.05, 0) is 73.3 Å². The van der Waals surface area contributed by atoms with Crippen LogP contribution in [0, 0.1) is 18.5 Å². The second-order valence-corrected chi connectivity index (χ2v) is 17.3. The number of nitrogens with one attached hydrogen (secondary N) is 5. The molecule has 7 rings (SSSR count). The molecule has 0 saturated carbocycles. The molecule has 1 aliphatic carbocycles. The van der Waals surface area contributed by atoms with E-state index in [0.717, 1.165) is 48.2 Å². The van der Waals surface area contributed by atoms with E-state index in [1.807, 2.05) is 37.3 Å². The molecule has 1 aromatic carbocycles. The average molecular weight is 890 g/mol. The molecule has 61 heavy (non-hydrogen) atoms. The average Bonchev–Trinajstić information content (AvgIpc) is 3.88. The van der Waals surface area contributed by atoms with Gasteiger partial charge in [0.05, 0.1) is 16.5 Å². The number of benzene rings is 1.